The van der Waals surface area contributed by atoms with Crippen molar-refractivity contribution < 1.29 is 24.5 Å². The summed E-state index contributed by atoms with van der Waals surface area (Å²) in [4.78, 5) is 13.6. The molecule has 1 aliphatic heterocycles. The van der Waals surface area contributed by atoms with Crippen molar-refractivity contribution in [3.8, 4) is 11.1 Å². The van der Waals surface area contributed by atoms with Gasteiger partial charge in [-0.15, -0.1) is 0 Å². The second-order valence-corrected chi connectivity index (χ2v) is 11.0. The molecule has 9 heteroatoms. The van der Waals surface area contributed by atoms with Crippen LogP contribution in [-0.4, -0.2) is 72.7 Å². The highest BCUT2D eigenvalue weighted by Crippen LogP contribution is 2.53. The van der Waals surface area contributed by atoms with Gasteiger partial charge in [-0.2, -0.15) is 0 Å². The molecule has 1 aliphatic carbocycles. The first-order chi connectivity index (χ1) is 17.8. The van der Waals surface area contributed by atoms with Gasteiger partial charge in [-0.3, -0.25) is 4.79 Å². The van der Waals surface area contributed by atoms with E-state index in [1.807, 2.05) is 30.3 Å². The molecule has 1 saturated carbocycles. The Balaban J connectivity index is 1.93. The number of carbonyl (C=O) groups is 1. The minimum absolute atomic E-state index is 0.170. The Morgan fingerprint density at radius 1 is 1.24 bits per heavy atom. The van der Waals surface area contributed by atoms with Crippen LogP contribution in [0.2, 0.25) is 10.0 Å². The molecule has 0 spiro atoms. The van der Waals surface area contributed by atoms with Crippen molar-refractivity contribution in [2.75, 3.05) is 33.4 Å². The molecule has 2 aromatic rings. The lowest BCUT2D eigenvalue weighted by Gasteiger charge is -2.55. The first-order valence-electron chi connectivity index (χ1n) is 12.8. The minimum atomic E-state index is -1.57. The lowest BCUT2D eigenvalue weighted by Crippen LogP contribution is -2.66. The zero-order valence-corrected chi connectivity index (χ0v) is 22.6. The maximum Gasteiger partial charge on any atom is 0.209 e. The van der Waals surface area contributed by atoms with Gasteiger partial charge in [-0.25, -0.2) is 0 Å². The van der Waals surface area contributed by atoms with Crippen LogP contribution in [0, 0.1) is 5.92 Å². The number of halogens is 2. The average molecular weight is 552 g/mol. The summed E-state index contributed by atoms with van der Waals surface area (Å²) in [7, 11) is 1.65. The zero-order chi connectivity index (χ0) is 26.6. The average Bonchev–Trinajstić information content (AvgIpc) is 3.24. The monoisotopic (exact) mass is 550 g/mol. The fourth-order valence-corrected chi connectivity index (χ4v) is 6.61. The van der Waals surface area contributed by atoms with Gasteiger partial charge in [0.25, 0.3) is 0 Å². The van der Waals surface area contributed by atoms with Crippen LogP contribution < -0.4 is 5.73 Å². The number of carbonyl (C=O) groups excluding carboxylic acids is 1. The Morgan fingerprint density at radius 3 is 2.70 bits per heavy atom. The van der Waals surface area contributed by atoms with E-state index in [0.29, 0.717) is 60.0 Å². The fourth-order valence-electron chi connectivity index (χ4n) is 6.13. The molecular formula is C28H36Cl2N2O5. The van der Waals surface area contributed by atoms with Crippen LogP contribution in [0.25, 0.3) is 11.1 Å². The summed E-state index contributed by atoms with van der Waals surface area (Å²) in [5, 5.41) is 24.7. The maximum absolute atomic E-state index is 13.0. The standard InChI is InChI=1S/C28H36Cl2N2O5/c1-36-12-3-2-10-27(35,22-8-5-9-23(30)26(22)19-6-4-7-21(29)14-19)28(17-32(18-33)11-13-37-28)20-15-24(31)25(34)16-20/h4-9,14,18,20,24-25,34-35H,2-3,10-13,15-17,31H2,1H3/t20-,24+,25-,27+,28-/m0/s1. The summed E-state index contributed by atoms with van der Waals surface area (Å²) in [5.74, 6) is -0.293. The third-order valence-corrected chi connectivity index (χ3v) is 8.52. The largest absolute Gasteiger partial charge is 0.392 e. The summed E-state index contributed by atoms with van der Waals surface area (Å²) < 4.78 is 11.9. The van der Waals surface area contributed by atoms with E-state index in [0.717, 1.165) is 18.4 Å². The van der Waals surface area contributed by atoms with E-state index in [1.165, 1.54) is 0 Å². The summed E-state index contributed by atoms with van der Waals surface area (Å²) in [6.45, 7) is 1.40. The summed E-state index contributed by atoms with van der Waals surface area (Å²) in [6, 6.07) is 12.4. The SMILES string of the molecule is COCCCC[C@@](O)(c1cccc(Cl)c1-c1cccc(Cl)c1)[C@@]1([C@H]2C[C@@H](N)[C@@H](O)C2)CN(C=O)CCO1. The van der Waals surface area contributed by atoms with Crippen molar-refractivity contribution in [2.45, 2.75) is 55.5 Å². The fraction of sp³-hybridized carbons (Fsp3) is 0.536. The van der Waals surface area contributed by atoms with E-state index in [1.54, 1.807) is 24.1 Å². The topological polar surface area (TPSA) is 105 Å². The lowest BCUT2D eigenvalue weighted by molar-refractivity contribution is -0.246. The molecule has 0 unspecified atom stereocenters. The van der Waals surface area contributed by atoms with Gasteiger partial charge in [-0.1, -0.05) is 47.5 Å². The van der Waals surface area contributed by atoms with Crippen LogP contribution >= 0.6 is 23.2 Å². The number of nitrogens with zero attached hydrogens (tertiary/aromatic N) is 1. The molecule has 5 atom stereocenters. The van der Waals surface area contributed by atoms with Gasteiger partial charge < -0.3 is 30.3 Å². The molecule has 2 aliphatic rings. The first kappa shape index (κ1) is 28.3. The van der Waals surface area contributed by atoms with E-state index in [-0.39, 0.29) is 19.1 Å². The predicted octanol–water partition coefficient (Wildman–Crippen LogP) is 3.99. The van der Waals surface area contributed by atoms with Crippen LogP contribution in [-0.2, 0) is 19.9 Å². The normalized spacial score (nSPS) is 27.7. The number of nitrogens with two attached hydrogens (primary N) is 1. The highest BCUT2D eigenvalue weighted by Gasteiger charge is 2.61. The van der Waals surface area contributed by atoms with E-state index < -0.39 is 23.3 Å². The highest BCUT2D eigenvalue weighted by molar-refractivity contribution is 6.34. The molecule has 37 heavy (non-hydrogen) atoms. The Bertz CT molecular complexity index is 1080. The molecule has 202 valence electrons. The van der Waals surface area contributed by atoms with Crippen LogP contribution in [0.15, 0.2) is 42.5 Å². The van der Waals surface area contributed by atoms with E-state index in [2.05, 4.69) is 0 Å². The van der Waals surface area contributed by atoms with Gasteiger partial charge in [0.15, 0.2) is 0 Å². The van der Waals surface area contributed by atoms with Crippen molar-refractivity contribution in [2.24, 2.45) is 11.7 Å². The molecule has 0 aromatic heterocycles. The number of benzene rings is 2. The lowest BCUT2D eigenvalue weighted by atomic mass is 9.65. The molecule has 0 radical (unpaired) electrons. The van der Waals surface area contributed by atoms with Crippen molar-refractivity contribution in [3.63, 3.8) is 0 Å². The van der Waals surface area contributed by atoms with Crippen molar-refractivity contribution in [1.82, 2.24) is 4.90 Å². The number of methoxy groups -OCH3 is 1. The van der Waals surface area contributed by atoms with Crippen LogP contribution in [0.4, 0.5) is 0 Å². The molecule has 1 saturated heterocycles. The number of morpholine rings is 1. The van der Waals surface area contributed by atoms with Gasteiger partial charge in [0.2, 0.25) is 6.41 Å². The minimum Gasteiger partial charge on any atom is -0.392 e. The van der Waals surface area contributed by atoms with Crippen LogP contribution in [0.1, 0.15) is 37.7 Å². The third-order valence-electron chi connectivity index (χ3n) is 7.97. The summed E-state index contributed by atoms with van der Waals surface area (Å²) in [5.41, 5.74) is 5.51. The number of hydrogen-bond donors (Lipinski definition) is 3. The summed E-state index contributed by atoms with van der Waals surface area (Å²) in [6.07, 6.45) is 2.60. The number of hydrogen-bond acceptors (Lipinski definition) is 6. The highest BCUT2D eigenvalue weighted by atomic mass is 35.5. The van der Waals surface area contributed by atoms with Crippen molar-refractivity contribution >= 4 is 29.6 Å². The van der Waals surface area contributed by atoms with E-state index in [4.69, 9.17) is 38.4 Å². The molecule has 2 aromatic carbocycles. The number of aliphatic hydroxyl groups excluding tert-OH is 1. The van der Waals surface area contributed by atoms with Gasteiger partial charge >= 0.3 is 0 Å². The number of rotatable bonds is 10. The van der Waals surface area contributed by atoms with Crippen LogP contribution in [0.5, 0.6) is 0 Å². The molecule has 4 rings (SSSR count). The van der Waals surface area contributed by atoms with Gasteiger partial charge in [-0.05, 0) is 67.3 Å². The quantitative estimate of drug-likeness (QED) is 0.305. The first-order valence-corrected chi connectivity index (χ1v) is 13.5. The predicted molar refractivity (Wildman–Crippen MR) is 145 cm³/mol. The molecule has 1 heterocycles. The molecule has 7 nitrogen and oxygen atoms in total. The second-order valence-electron chi connectivity index (χ2n) is 10.2. The van der Waals surface area contributed by atoms with Crippen LogP contribution in [0.3, 0.4) is 0 Å². The van der Waals surface area contributed by atoms with Crippen molar-refractivity contribution in [3.05, 3.63) is 58.1 Å². The number of amides is 1. The van der Waals surface area contributed by atoms with Gasteiger partial charge in [0, 0.05) is 41.9 Å². The Labute approximate surface area is 228 Å². The second kappa shape index (κ2) is 12.0. The maximum atomic E-state index is 13.0. The van der Waals surface area contributed by atoms with E-state index >= 15 is 0 Å². The molecular weight excluding hydrogens is 515 g/mol. The number of aliphatic hydroxyl groups is 2. The van der Waals surface area contributed by atoms with E-state index in [9.17, 15) is 15.0 Å². The molecule has 4 N–H and O–H groups in total. The number of unbranched alkanes of at least 4 members (excludes halogenated alkanes) is 1. The van der Waals surface area contributed by atoms with Gasteiger partial charge in [0.05, 0.1) is 19.3 Å². The Morgan fingerprint density at radius 2 is 2.03 bits per heavy atom. The molecule has 1 amide bonds. The van der Waals surface area contributed by atoms with Crippen molar-refractivity contribution in [1.29, 1.82) is 0 Å². The third kappa shape index (κ3) is 5.55. The summed E-state index contributed by atoms with van der Waals surface area (Å²) >= 11 is 13.2. The zero-order valence-electron chi connectivity index (χ0n) is 21.1. The smallest absolute Gasteiger partial charge is 0.209 e. The number of ether oxygens (including phenoxy) is 2. The Kier molecular flexibility index (Phi) is 9.17. The molecule has 2 fully saturated rings. The molecule has 0 bridgehead atoms. The Hall–Kier alpha value is -1.71. The van der Waals surface area contributed by atoms with Gasteiger partial charge in [0.1, 0.15) is 11.2 Å².